The number of aromatic amines is 1. The molecular formula is C18H15IN6O. The fraction of sp³-hybridized carbons (Fsp3) is 0.0556. The van der Waals surface area contributed by atoms with Crippen molar-refractivity contribution in [2.75, 3.05) is 16.8 Å². The Morgan fingerprint density at radius 2 is 2.08 bits per heavy atom. The zero-order chi connectivity index (χ0) is 18.4. The molecule has 4 aromatic rings. The van der Waals surface area contributed by atoms with E-state index in [1.165, 1.54) is 6.92 Å². The normalized spacial score (nSPS) is 11.2. The zero-order valence-electron chi connectivity index (χ0n) is 13.8. The Labute approximate surface area is 162 Å². The monoisotopic (exact) mass is 458 g/mol. The van der Waals surface area contributed by atoms with Gasteiger partial charge in [0.15, 0.2) is 5.95 Å². The van der Waals surface area contributed by atoms with Crippen molar-refractivity contribution >= 4 is 67.8 Å². The molecule has 0 spiro atoms. The van der Waals surface area contributed by atoms with Gasteiger partial charge in [-0.1, -0.05) is 12.1 Å². The van der Waals surface area contributed by atoms with E-state index in [-0.39, 0.29) is 11.9 Å². The molecule has 0 aliphatic rings. The highest BCUT2D eigenvalue weighted by molar-refractivity contribution is 14.1. The number of rotatable bonds is 2. The van der Waals surface area contributed by atoms with Crippen LogP contribution < -0.4 is 16.8 Å². The van der Waals surface area contributed by atoms with E-state index >= 15 is 0 Å². The van der Waals surface area contributed by atoms with Crippen LogP contribution >= 0.6 is 22.6 Å². The number of H-pyrrole nitrogens is 1. The van der Waals surface area contributed by atoms with Gasteiger partial charge in [-0.15, -0.1) is 0 Å². The van der Waals surface area contributed by atoms with Crippen LogP contribution in [0.15, 0.2) is 36.5 Å². The minimum absolute atomic E-state index is 0.119. The molecule has 0 atom stereocenters. The average molecular weight is 458 g/mol. The van der Waals surface area contributed by atoms with E-state index in [0.29, 0.717) is 5.82 Å². The lowest BCUT2D eigenvalue weighted by molar-refractivity contribution is -0.114. The first-order valence-corrected chi connectivity index (χ1v) is 8.92. The van der Waals surface area contributed by atoms with Crippen molar-refractivity contribution < 1.29 is 4.79 Å². The lowest BCUT2D eigenvalue weighted by Gasteiger charge is -2.14. The number of fused-ring (bicyclic) bond motifs is 3. The maximum atomic E-state index is 11.4. The molecule has 26 heavy (non-hydrogen) atoms. The van der Waals surface area contributed by atoms with Crippen LogP contribution in [-0.2, 0) is 4.79 Å². The van der Waals surface area contributed by atoms with Crippen molar-refractivity contribution in [3.05, 3.63) is 40.1 Å². The molecule has 6 N–H and O–H groups in total. The van der Waals surface area contributed by atoms with E-state index in [1.54, 1.807) is 6.20 Å². The summed E-state index contributed by atoms with van der Waals surface area (Å²) >= 11 is 2.26. The van der Waals surface area contributed by atoms with Crippen molar-refractivity contribution in [1.82, 2.24) is 15.0 Å². The summed E-state index contributed by atoms with van der Waals surface area (Å²) in [4.78, 5) is 23.2. The number of hydrogen-bond acceptors (Lipinski definition) is 5. The first-order valence-electron chi connectivity index (χ1n) is 7.84. The van der Waals surface area contributed by atoms with E-state index in [9.17, 15) is 4.79 Å². The van der Waals surface area contributed by atoms with Gasteiger partial charge >= 0.3 is 0 Å². The highest BCUT2D eigenvalue weighted by Crippen LogP contribution is 2.40. The van der Waals surface area contributed by atoms with Gasteiger partial charge in [0.1, 0.15) is 5.82 Å². The van der Waals surface area contributed by atoms with Crippen LogP contribution in [0.2, 0.25) is 0 Å². The van der Waals surface area contributed by atoms with Crippen LogP contribution in [0.25, 0.3) is 32.9 Å². The van der Waals surface area contributed by atoms with Crippen LogP contribution in [0.3, 0.4) is 0 Å². The zero-order valence-corrected chi connectivity index (χ0v) is 16.0. The molecule has 4 rings (SSSR count). The van der Waals surface area contributed by atoms with Crippen LogP contribution in [0.1, 0.15) is 6.92 Å². The highest BCUT2D eigenvalue weighted by atomic mass is 127. The van der Waals surface area contributed by atoms with Gasteiger partial charge in [-0.05, 0) is 46.4 Å². The third kappa shape index (κ3) is 2.62. The van der Waals surface area contributed by atoms with Crippen LogP contribution in [0.5, 0.6) is 0 Å². The Balaban J connectivity index is 2.08. The van der Waals surface area contributed by atoms with Crippen molar-refractivity contribution in [3.8, 4) is 11.1 Å². The number of nitrogens with one attached hydrogen (secondary N) is 2. The fourth-order valence-electron chi connectivity index (χ4n) is 3.15. The molecule has 8 heteroatoms. The van der Waals surface area contributed by atoms with Crippen molar-refractivity contribution in [2.45, 2.75) is 6.92 Å². The lowest BCUT2D eigenvalue weighted by atomic mass is 9.99. The summed E-state index contributed by atoms with van der Waals surface area (Å²) in [6.07, 6.45) is 1.75. The molecule has 0 fully saturated rings. The summed E-state index contributed by atoms with van der Waals surface area (Å²) < 4.78 is 0.935. The van der Waals surface area contributed by atoms with Crippen molar-refractivity contribution in [3.63, 3.8) is 0 Å². The molecule has 7 nitrogen and oxygen atoms in total. The van der Waals surface area contributed by atoms with Crippen molar-refractivity contribution in [1.29, 1.82) is 0 Å². The van der Waals surface area contributed by atoms with Crippen LogP contribution in [-0.4, -0.2) is 20.9 Å². The third-order valence-corrected chi connectivity index (χ3v) is 5.20. The Morgan fingerprint density at radius 3 is 2.85 bits per heavy atom. The summed E-state index contributed by atoms with van der Waals surface area (Å²) in [7, 11) is 0. The Bertz CT molecular complexity index is 1180. The molecule has 0 unspecified atom stereocenters. The number of anilines is 3. The standard InChI is InChI=1S/C18H15IN6O/c1-8(26)23-10-4-2-3-9(7-10)12-14(19)16-13(11-5-6-22-15(11)12)17(20)25-18(21)24-16/h2-7H,20H2,1H3,(H,23,26)(H3,21,24,25). The highest BCUT2D eigenvalue weighted by Gasteiger charge is 2.19. The van der Waals surface area contributed by atoms with Crippen LogP contribution in [0, 0.1) is 3.57 Å². The first kappa shape index (κ1) is 16.6. The Hall–Kier alpha value is -2.88. The molecule has 2 aromatic heterocycles. The number of halogens is 1. The smallest absolute Gasteiger partial charge is 0.221 e. The summed E-state index contributed by atoms with van der Waals surface area (Å²) in [6, 6.07) is 9.56. The summed E-state index contributed by atoms with van der Waals surface area (Å²) in [6.45, 7) is 1.48. The van der Waals surface area contributed by atoms with Gasteiger partial charge in [-0.3, -0.25) is 9.78 Å². The van der Waals surface area contributed by atoms with E-state index < -0.39 is 0 Å². The maximum Gasteiger partial charge on any atom is 0.221 e. The number of carbonyl (C=O) groups excluding carboxylic acids is 1. The van der Waals surface area contributed by atoms with Gasteiger partial charge in [-0.25, -0.2) is 0 Å². The Kier molecular flexibility index (Phi) is 3.91. The third-order valence-electron chi connectivity index (χ3n) is 4.12. The predicted molar refractivity (Wildman–Crippen MR) is 113 cm³/mol. The second-order valence-electron chi connectivity index (χ2n) is 5.92. The second-order valence-corrected chi connectivity index (χ2v) is 6.99. The molecule has 2 aromatic carbocycles. The number of amides is 1. The molecule has 130 valence electrons. The minimum Gasteiger partial charge on any atom is -0.383 e. The number of carbonyl (C=O) groups is 1. The van der Waals surface area contributed by atoms with Crippen molar-refractivity contribution in [2.24, 2.45) is 0 Å². The van der Waals surface area contributed by atoms with Gasteiger partial charge in [0.25, 0.3) is 0 Å². The van der Waals surface area contributed by atoms with Gasteiger partial charge in [0.2, 0.25) is 5.91 Å². The fourth-order valence-corrected chi connectivity index (χ4v) is 4.12. The number of nitrogens with zero attached hydrogens (tertiary/aromatic N) is 2. The Morgan fingerprint density at radius 1 is 1.27 bits per heavy atom. The molecule has 0 aliphatic carbocycles. The van der Waals surface area contributed by atoms with E-state index in [4.69, 9.17) is 11.5 Å². The number of aromatic nitrogens is 3. The number of nitrogens with two attached hydrogens (primary N) is 2. The first-order chi connectivity index (χ1) is 12.5. The van der Waals surface area contributed by atoms with E-state index in [0.717, 1.165) is 42.2 Å². The predicted octanol–water partition coefficient (Wildman–Crippen LogP) is 3.51. The molecule has 0 bridgehead atoms. The number of hydrogen-bond donors (Lipinski definition) is 4. The minimum atomic E-state index is -0.119. The number of nitrogen functional groups attached to an aromatic ring is 2. The molecule has 0 saturated carbocycles. The van der Waals surface area contributed by atoms with Gasteiger partial charge in [-0.2, -0.15) is 4.98 Å². The lowest BCUT2D eigenvalue weighted by Crippen LogP contribution is -2.05. The molecule has 0 radical (unpaired) electrons. The largest absolute Gasteiger partial charge is 0.383 e. The SMILES string of the molecule is CC(=O)Nc1cccc(-c2c(I)c3[nH]c(N)nc(N)c3c3ccnc23)c1. The molecule has 0 saturated heterocycles. The average Bonchev–Trinajstić information content (AvgIpc) is 3.03. The maximum absolute atomic E-state index is 11.4. The van der Waals surface area contributed by atoms with E-state index in [2.05, 4.69) is 42.9 Å². The summed E-state index contributed by atoms with van der Waals surface area (Å²) in [5.74, 6) is 0.502. The van der Waals surface area contributed by atoms with Gasteiger partial charge in [0, 0.05) is 33.3 Å². The summed E-state index contributed by atoms with van der Waals surface area (Å²) in [5, 5.41) is 4.52. The molecule has 1 amide bonds. The second kappa shape index (κ2) is 6.13. The van der Waals surface area contributed by atoms with Gasteiger partial charge < -0.3 is 21.8 Å². The number of benzene rings is 2. The topological polar surface area (TPSA) is 123 Å². The van der Waals surface area contributed by atoms with Gasteiger partial charge in [0.05, 0.1) is 16.4 Å². The molecule has 2 heterocycles. The van der Waals surface area contributed by atoms with Crippen LogP contribution in [0.4, 0.5) is 17.5 Å². The molecular weight excluding hydrogens is 443 g/mol. The summed E-state index contributed by atoms with van der Waals surface area (Å²) in [5.41, 5.74) is 16.3. The quantitative estimate of drug-likeness (QED) is 0.343. The molecule has 0 aliphatic heterocycles. The van der Waals surface area contributed by atoms with E-state index in [1.807, 2.05) is 30.3 Å².